The van der Waals surface area contributed by atoms with E-state index in [1.54, 1.807) is 0 Å². The number of rotatable bonds is 2. The molecule has 15 heavy (non-hydrogen) atoms. The van der Waals surface area contributed by atoms with Crippen LogP contribution < -0.4 is 5.73 Å². The van der Waals surface area contributed by atoms with Crippen LogP contribution in [0.3, 0.4) is 0 Å². The van der Waals surface area contributed by atoms with Gasteiger partial charge < -0.3 is 5.73 Å². The molecule has 0 aliphatic carbocycles. The van der Waals surface area contributed by atoms with Crippen molar-refractivity contribution in [1.82, 2.24) is 0 Å². The Morgan fingerprint density at radius 3 is 2.20 bits per heavy atom. The van der Waals surface area contributed by atoms with Gasteiger partial charge in [-0.15, -0.1) is 11.8 Å². The summed E-state index contributed by atoms with van der Waals surface area (Å²) < 4.78 is 0. The van der Waals surface area contributed by atoms with E-state index in [-0.39, 0.29) is 5.41 Å². The normalized spacial score (nSPS) is 12.1. The van der Waals surface area contributed by atoms with Gasteiger partial charge in [-0.25, -0.2) is 0 Å². The summed E-state index contributed by atoms with van der Waals surface area (Å²) in [7, 11) is 0. The Morgan fingerprint density at radius 1 is 1.20 bits per heavy atom. The van der Waals surface area contributed by atoms with Gasteiger partial charge in [-0.05, 0) is 23.1 Å². The van der Waals surface area contributed by atoms with Crippen LogP contribution >= 0.6 is 11.8 Å². The van der Waals surface area contributed by atoms with Crippen LogP contribution in [0.1, 0.15) is 40.2 Å². The molecular formula is C13H21NS. The van der Waals surface area contributed by atoms with Gasteiger partial charge in [0, 0.05) is 15.8 Å². The van der Waals surface area contributed by atoms with Gasteiger partial charge in [0.2, 0.25) is 0 Å². The third-order valence-electron chi connectivity index (χ3n) is 2.24. The lowest BCUT2D eigenvalue weighted by Gasteiger charge is -2.20. The number of thioether (sulfide) groups is 1. The summed E-state index contributed by atoms with van der Waals surface area (Å²) in [5.41, 5.74) is 8.42. The molecule has 0 saturated carbocycles. The molecule has 1 aromatic carbocycles. The predicted molar refractivity (Wildman–Crippen MR) is 70.5 cm³/mol. The Hall–Kier alpha value is -0.630. The molecule has 0 aromatic heterocycles. The average Bonchev–Trinajstić information content (AvgIpc) is 2.05. The van der Waals surface area contributed by atoms with Crippen LogP contribution in [-0.2, 0) is 5.41 Å². The van der Waals surface area contributed by atoms with Gasteiger partial charge in [0.1, 0.15) is 0 Å². The maximum atomic E-state index is 6.05. The van der Waals surface area contributed by atoms with E-state index in [1.165, 1.54) is 10.5 Å². The van der Waals surface area contributed by atoms with Crippen molar-refractivity contribution in [3.63, 3.8) is 0 Å². The number of nitrogen functional groups attached to an aromatic ring is 1. The molecule has 0 radical (unpaired) electrons. The van der Waals surface area contributed by atoms with E-state index in [1.807, 2.05) is 11.8 Å². The van der Waals surface area contributed by atoms with Crippen LogP contribution in [0.25, 0.3) is 0 Å². The van der Waals surface area contributed by atoms with Gasteiger partial charge in [-0.2, -0.15) is 0 Å². The van der Waals surface area contributed by atoms with Crippen molar-refractivity contribution in [3.05, 3.63) is 23.8 Å². The molecule has 0 saturated heterocycles. The van der Waals surface area contributed by atoms with Crippen molar-refractivity contribution >= 4 is 17.4 Å². The molecule has 1 aromatic rings. The van der Waals surface area contributed by atoms with Crippen LogP contribution in [0.15, 0.2) is 23.1 Å². The topological polar surface area (TPSA) is 26.0 Å². The summed E-state index contributed by atoms with van der Waals surface area (Å²) in [5, 5.41) is 0.577. The lowest BCUT2D eigenvalue weighted by molar-refractivity contribution is 0.590. The molecule has 0 aliphatic heterocycles. The fourth-order valence-corrected chi connectivity index (χ4v) is 2.23. The third-order valence-corrected chi connectivity index (χ3v) is 3.34. The van der Waals surface area contributed by atoms with E-state index in [2.05, 4.69) is 52.8 Å². The van der Waals surface area contributed by atoms with Crippen LogP contribution in [0.5, 0.6) is 0 Å². The minimum atomic E-state index is 0.176. The number of anilines is 1. The summed E-state index contributed by atoms with van der Waals surface area (Å²) in [5.74, 6) is 0. The first-order chi connectivity index (χ1) is 6.80. The Balaban J connectivity index is 2.98. The van der Waals surface area contributed by atoms with E-state index < -0.39 is 0 Å². The van der Waals surface area contributed by atoms with Gasteiger partial charge in [-0.3, -0.25) is 0 Å². The van der Waals surface area contributed by atoms with Gasteiger partial charge in [-0.1, -0.05) is 40.7 Å². The minimum Gasteiger partial charge on any atom is -0.398 e. The Kier molecular flexibility index (Phi) is 3.72. The highest BCUT2D eigenvalue weighted by molar-refractivity contribution is 8.00. The molecule has 84 valence electrons. The fraction of sp³-hybridized carbons (Fsp3) is 0.538. The summed E-state index contributed by atoms with van der Waals surface area (Å²) in [6.07, 6.45) is 0. The Morgan fingerprint density at radius 2 is 1.80 bits per heavy atom. The van der Waals surface area contributed by atoms with Crippen LogP contribution in [0.4, 0.5) is 5.69 Å². The minimum absolute atomic E-state index is 0.176. The molecule has 1 nitrogen and oxygen atoms in total. The lowest BCUT2D eigenvalue weighted by atomic mass is 9.87. The standard InChI is InChI=1S/C13H21NS/c1-9(2)15-12-7-6-10(8-11(12)14)13(3,4)5/h6-9H,14H2,1-5H3. The van der Waals surface area contributed by atoms with E-state index >= 15 is 0 Å². The Labute approximate surface area is 97.4 Å². The second kappa shape index (κ2) is 4.48. The predicted octanol–water partition coefficient (Wildman–Crippen LogP) is 4.07. The molecule has 0 heterocycles. The smallest absolute Gasteiger partial charge is 0.0455 e. The molecule has 0 bridgehead atoms. The first-order valence-electron chi connectivity index (χ1n) is 5.37. The lowest BCUT2D eigenvalue weighted by Crippen LogP contribution is -2.11. The van der Waals surface area contributed by atoms with Gasteiger partial charge in [0.15, 0.2) is 0 Å². The SMILES string of the molecule is CC(C)Sc1ccc(C(C)(C)C)cc1N. The zero-order chi connectivity index (χ0) is 11.6. The molecule has 2 heteroatoms. The molecule has 0 fully saturated rings. The maximum Gasteiger partial charge on any atom is 0.0455 e. The summed E-state index contributed by atoms with van der Waals surface area (Å²) in [6.45, 7) is 11.0. The van der Waals surface area contributed by atoms with E-state index in [0.717, 1.165) is 5.69 Å². The summed E-state index contributed by atoms with van der Waals surface area (Å²) in [4.78, 5) is 1.19. The molecule has 2 N–H and O–H groups in total. The number of hydrogen-bond acceptors (Lipinski definition) is 2. The number of nitrogens with two attached hydrogens (primary N) is 1. The van der Waals surface area contributed by atoms with Gasteiger partial charge >= 0.3 is 0 Å². The van der Waals surface area contributed by atoms with Crippen molar-refractivity contribution in [2.24, 2.45) is 0 Å². The van der Waals surface area contributed by atoms with E-state index in [9.17, 15) is 0 Å². The third kappa shape index (κ3) is 3.45. The molecule has 0 aliphatic rings. The average molecular weight is 223 g/mol. The van der Waals surface area contributed by atoms with Gasteiger partial charge in [0.05, 0.1) is 0 Å². The summed E-state index contributed by atoms with van der Waals surface area (Å²) in [6, 6.07) is 6.42. The van der Waals surface area contributed by atoms with Crippen LogP contribution in [0, 0.1) is 0 Å². The molecule has 0 amide bonds. The number of hydrogen-bond donors (Lipinski definition) is 1. The van der Waals surface area contributed by atoms with E-state index in [4.69, 9.17) is 5.73 Å². The molecule has 0 spiro atoms. The van der Waals surface area contributed by atoms with Crippen molar-refractivity contribution in [3.8, 4) is 0 Å². The van der Waals surface area contributed by atoms with Gasteiger partial charge in [0.25, 0.3) is 0 Å². The fourth-order valence-electron chi connectivity index (χ4n) is 1.38. The first kappa shape index (κ1) is 12.4. The molecule has 0 unspecified atom stereocenters. The van der Waals surface area contributed by atoms with Crippen molar-refractivity contribution < 1.29 is 0 Å². The molecular weight excluding hydrogens is 202 g/mol. The Bertz CT molecular complexity index is 337. The number of benzene rings is 1. The highest BCUT2D eigenvalue weighted by atomic mass is 32.2. The quantitative estimate of drug-likeness (QED) is 0.604. The zero-order valence-corrected chi connectivity index (χ0v) is 11.1. The molecule has 0 atom stereocenters. The highest BCUT2D eigenvalue weighted by Gasteiger charge is 2.14. The van der Waals surface area contributed by atoms with Crippen LogP contribution in [0.2, 0.25) is 0 Å². The highest BCUT2D eigenvalue weighted by Crippen LogP contribution is 2.32. The zero-order valence-electron chi connectivity index (χ0n) is 10.3. The summed E-state index contributed by atoms with van der Waals surface area (Å²) >= 11 is 1.82. The van der Waals surface area contributed by atoms with E-state index in [0.29, 0.717) is 5.25 Å². The second-order valence-electron chi connectivity index (χ2n) is 5.17. The monoisotopic (exact) mass is 223 g/mol. The largest absolute Gasteiger partial charge is 0.398 e. The van der Waals surface area contributed by atoms with Crippen molar-refractivity contribution in [1.29, 1.82) is 0 Å². The van der Waals surface area contributed by atoms with Crippen LogP contribution in [-0.4, -0.2) is 5.25 Å². The molecule has 1 rings (SSSR count). The van der Waals surface area contributed by atoms with Crippen molar-refractivity contribution in [2.45, 2.75) is 50.2 Å². The first-order valence-corrected chi connectivity index (χ1v) is 6.25. The van der Waals surface area contributed by atoms with Crippen molar-refractivity contribution in [2.75, 3.05) is 5.73 Å². The second-order valence-corrected chi connectivity index (χ2v) is 6.79. The maximum absolute atomic E-state index is 6.05.